The Morgan fingerprint density at radius 3 is 2.62 bits per heavy atom. The number of nitrogens with zero attached hydrogens (tertiary/aromatic N) is 2. The number of aromatic nitrogens is 2. The van der Waals surface area contributed by atoms with Crippen molar-refractivity contribution in [1.29, 1.82) is 0 Å². The summed E-state index contributed by atoms with van der Waals surface area (Å²) < 4.78 is 1.98. The first-order valence-corrected chi connectivity index (χ1v) is 5.01. The monoisotopic (exact) mass is 180 g/mol. The number of hydrogen-bond donors (Lipinski definition) is 1. The van der Waals surface area contributed by atoms with E-state index in [2.05, 4.69) is 24.3 Å². The van der Waals surface area contributed by atoms with Gasteiger partial charge in [0.05, 0.1) is 11.7 Å². The van der Waals surface area contributed by atoms with Crippen LogP contribution in [0.15, 0.2) is 0 Å². The average Bonchev–Trinajstić information content (AvgIpc) is 2.84. The Labute approximate surface area is 79.1 Å². The maximum Gasteiger partial charge on any atom is 0.105 e. The minimum Gasteiger partial charge on any atom is -0.340 e. The minimum atomic E-state index is 0.902. The molecule has 0 aromatic carbocycles. The number of hydrogen-bond acceptors (Lipinski definition) is 1. The van der Waals surface area contributed by atoms with Crippen molar-refractivity contribution in [2.24, 2.45) is 7.05 Å². The molecule has 1 aromatic rings. The second-order valence-corrected chi connectivity index (χ2v) is 4.05. The van der Waals surface area contributed by atoms with E-state index >= 15 is 0 Å². The van der Waals surface area contributed by atoms with E-state index < -0.39 is 0 Å². The number of quaternary nitrogens is 1. The zero-order chi connectivity index (χ0) is 9.42. The second kappa shape index (κ2) is 3.14. The molecule has 2 rings (SSSR count). The summed E-state index contributed by atoms with van der Waals surface area (Å²) in [5.41, 5.74) is 3.93. The molecule has 1 saturated carbocycles. The lowest BCUT2D eigenvalue weighted by molar-refractivity contribution is -0.684. The van der Waals surface area contributed by atoms with E-state index in [-0.39, 0.29) is 0 Å². The van der Waals surface area contributed by atoms with Crippen LogP contribution in [-0.2, 0) is 13.6 Å². The van der Waals surface area contributed by atoms with Gasteiger partial charge in [-0.25, -0.2) is 0 Å². The van der Waals surface area contributed by atoms with E-state index in [9.17, 15) is 0 Å². The Balaban J connectivity index is 2.08. The third-order valence-corrected chi connectivity index (χ3v) is 2.94. The topological polar surface area (TPSA) is 34.4 Å². The Hall–Kier alpha value is -0.830. The molecule has 0 amide bonds. The molecule has 0 bridgehead atoms. The third-order valence-electron chi connectivity index (χ3n) is 2.94. The van der Waals surface area contributed by atoms with Crippen LogP contribution >= 0.6 is 0 Å². The van der Waals surface area contributed by atoms with Gasteiger partial charge in [-0.1, -0.05) is 0 Å². The number of nitrogens with two attached hydrogens (primary N) is 1. The highest BCUT2D eigenvalue weighted by molar-refractivity contribution is 5.22. The van der Waals surface area contributed by atoms with Crippen LogP contribution in [-0.4, -0.2) is 15.8 Å². The van der Waals surface area contributed by atoms with Crippen molar-refractivity contribution in [3.63, 3.8) is 0 Å². The van der Waals surface area contributed by atoms with E-state index in [0.29, 0.717) is 0 Å². The van der Waals surface area contributed by atoms with Crippen molar-refractivity contribution < 1.29 is 5.32 Å². The Morgan fingerprint density at radius 1 is 1.46 bits per heavy atom. The Morgan fingerprint density at radius 2 is 2.15 bits per heavy atom. The Kier molecular flexibility index (Phi) is 2.12. The van der Waals surface area contributed by atoms with Gasteiger partial charge in [0.1, 0.15) is 6.54 Å². The van der Waals surface area contributed by atoms with Crippen LogP contribution < -0.4 is 5.32 Å². The van der Waals surface area contributed by atoms with Crippen LogP contribution in [0.25, 0.3) is 0 Å². The quantitative estimate of drug-likeness (QED) is 0.711. The molecule has 1 aromatic heterocycles. The zero-order valence-corrected chi connectivity index (χ0v) is 8.67. The first-order valence-electron chi connectivity index (χ1n) is 5.01. The van der Waals surface area contributed by atoms with Gasteiger partial charge in [0.15, 0.2) is 0 Å². The molecule has 0 atom stereocenters. The van der Waals surface area contributed by atoms with Crippen molar-refractivity contribution in [3.8, 4) is 0 Å². The first kappa shape index (κ1) is 8.75. The molecule has 0 spiro atoms. The van der Waals surface area contributed by atoms with E-state index in [1.165, 1.54) is 29.8 Å². The maximum atomic E-state index is 4.41. The minimum absolute atomic E-state index is 0.902. The molecule has 1 fully saturated rings. The molecule has 0 aliphatic heterocycles. The SMILES string of the molecule is Cc1nn(C)c(C)c1C[NH2+]C1CC1. The third kappa shape index (κ3) is 1.75. The molecule has 0 radical (unpaired) electrons. The van der Waals surface area contributed by atoms with Gasteiger partial charge in [-0.3, -0.25) is 4.68 Å². The zero-order valence-electron chi connectivity index (χ0n) is 8.67. The van der Waals surface area contributed by atoms with Crippen LogP contribution in [0, 0.1) is 13.8 Å². The summed E-state index contributed by atoms with van der Waals surface area (Å²) in [4.78, 5) is 0. The Bertz CT molecular complexity index is 310. The molecule has 2 N–H and O–H groups in total. The smallest absolute Gasteiger partial charge is 0.105 e. The molecule has 1 heterocycles. The fraction of sp³-hybridized carbons (Fsp3) is 0.700. The van der Waals surface area contributed by atoms with Gasteiger partial charge >= 0.3 is 0 Å². The largest absolute Gasteiger partial charge is 0.340 e. The number of aryl methyl sites for hydroxylation is 2. The van der Waals surface area contributed by atoms with E-state index in [4.69, 9.17) is 0 Å². The molecule has 0 unspecified atom stereocenters. The molecule has 3 nitrogen and oxygen atoms in total. The summed E-state index contributed by atoms with van der Waals surface area (Å²) >= 11 is 0. The summed E-state index contributed by atoms with van der Waals surface area (Å²) in [7, 11) is 2.02. The van der Waals surface area contributed by atoms with Gasteiger partial charge in [-0.2, -0.15) is 5.10 Å². The number of rotatable bonds is 3. The molecule has 0 saturated heterocycles. The molecule has 3 heteroatoms. The van der Waals surface area contributed by atoms with Crippen molar-refractivity contribution in [1.82, 2.24) is 9.78 Å². The van der Waals surface area contributed by atoms with Crippen molar-refractivity contribution in [2.45, 2.75) is 39.3 Å². The van der Waals surface area contributed by atoms with Gasteiger partial charge in [0.2, 0.25) is 0 Å². The molecule has 1 aliphatic carbocycles. The van der Waals surface area contributed by atoms with E-state index in [0.717, 1.165) is 12.6 Å². The standard InChI is InChI=1S/C10H17N3/c1-7-10(6-11-9-4-5-9)8(2)13(3)12-7/h9,11H,4-6H2,1-3H3/p+1. The second-order valence-electron chi connectivity index (χ2n) is 4.05. The summed E-state index contributed by atoms with van der Waals surface area (Å²) in [6, 6.07) is 0.902. The molecule has 13 heavy (non-hydrogen) atoms. The summed E-state index contributed by atoms with van der Waals surface area (Å²) in [5.74, 6) is 0. The van der Waals surface area contributed by atoms with Gasteiger partial charge in [-0.15, -0.1) is 0 Å². The van der Waals surface area contributed by atoms with Crippen LogP contribution in [0.4, 0.5) is 0 Å². The molecule has 72 valence electrons. The predicted molar refractivity (Wildman–Crippen MR) is 51.3 cm³/mol. The van der Waals surface area contributed by atoms with E-state index in [1.54, 1.807) is 0 Å². The van der Waals surface area contributed by atoms with Crippen LogP contribution in [0.3, 0.4) is 0 Å². The van der Waals surface area contributed by atoms with Gasteiger partial charge < -0.3 is 5.32 Å². The van der Waals surface area contributed by atoms with Crippen molar-refractivity contribution >= 4 is 0 Å². The lowest BCUT2D eigenvalue weighted by atomic mass is 10.2. The van der Waals surface area contributed by atoms with Crippen LogP contribution in [0.1, 0.15) is 29.8 Å². The lowest BCUT2D eigenvalue weighted by Gasteiger charge is -2.00. The normalized spacial score (nSPS) is 16.5. The van der Waals surface area contributed by atoms with Gasteiger partial charge in [0.25, 0.3) is 0 Å². The van der Waals surface area contributed by atoms with Crippen LogP contribution in [0.5, 0.6) is 0 Å². The highest BCUT2D eigenvalue weighted by Gasteiger charge is 2.25. The molecular formula is C10H18N3+. The van der Waals surface area contributed by atoms with E-state index in [1.807, 2.05) is 11.7 Å². The molecular weight excluding hydrogens is 162 g/mol. The summed E-state index contributed by atoms with van der Waals surface area (Å²) in [6.45, 7) is 5.36. The van der Waals surface area contributed by atoms with Gasteiger partial charge in [-0.05, 0) is 13.8 Å². The molecule has 1 aliphatic rings. The van der Waals surface area contributed by atoms with Crippen LogP contribution in [0.2, 0.25) is 0 Å². The average molecular weight is 180 g/mol. The van der Waals surface area contributed by atoms with Gasteiger partial charge in [0, 0.05) is 31.1 Å². The summed E-state index contributed by atoms with van der Waals surface area (Å²) in [6.07, 6.45) is 2.80. The predicted octanol–water partition coefficient (Wildman–Crippen LogP) is 0.263. The fourth-order valence-electron chi connectivity index (χ4n) is 1.73. The van der Waals surface area contributed by atoms with Crippen molar-refractivity contribution in [3.05, 3.63) is 17.0 Å². The fourth-order valence-corrected chi connectivity index (χ4v) is 1.73. The highest BCUT2D eigenvalue weighted by atomic mass is 15.3. The summed E-state index contributed by atoms with van der Waals surface area (Å²) in [5, 5.41) is 6.85. The lowest BCUT2D eigenvalue weighted by Crippen LogP contribution is -2.84. The first-order chi connectivity index (χ1) is 6.18. The van der Waals surface area contributed by atoms with Crippen molar-refractivity contribution in [2.75, 3.05) is 0 Å². The maximum absolute atomic E-state index is 4.41. The highest BCUT2D eigenvalue weighted by Crippen LogP contribution is 2.15.